The molecule has 5 heteroatoms. The zero-order valence-electron chi connectivity index (χ0n) is 8.35. The van der Waals surface area contributed by atoms with Crippen molar-refractivity contribution < 1.29 is 9.21 Å². The Balaban J connectivity index is 1.72. The van der Waals surface area contributed by atoms with Crippen molar-refractivity contribution in [2.45, 2.75) is 12.5 Å². The molecule has 0 saturated carbocycles. The first-order chi connectivity index (χ1) is 7.34. The third-order valence-electron chi connectivity index (χ3n) is 3.27. The normalized spacial score (nSPS) is 29.5. The van der Waals surface area contributed by atoms with Gasteiger partial charge in [0.05, 0.1) is 6.20 Å². The summed E-state index contributed by atoms with van der Waals surface area (Å²) >= 11 is 0. The van der Waals surface area contributed by atoms with E-state index < -0.39 is 0 Å². The monoisotopic (exact) mass is 207 g/mol. The first kappa shape index (κ1) is 8.91. The zero-order valence-corrected chi connectivity index (χ0v) is 8.35. The molecule has 3 rings (SSSR count). The first-order valence-electron chi connectivity index (χ1n) is 5.27. The molecule has 1 aromatic rings. The van der Waals surface area contributed by atoms with Crippen molar-refractivity contribution in [3.8, 4) is 0 Å². The van der Waals surface area contributed by atoms with Gasteiger partial charge in [0.2, 0.25) is 0 Å². The molecule has 0 aromatic carbocycles. The van der Waals surface area contributed by atoms with Gasteiger partial charge in [0.1, 0.15) is 6.26 Å². The van der Waals surface area contributed by atoms with Crippen molar-refractivity contribution in [2.24, 2.45) is 5.92 Å². The summed E-state index contributed by atoms with van der Waals surface area (Å²) in [6, 6.07) is 0.476. The van der Waals surface area contributed by atoms with Gasteiger partial charge in [-0.3, -0.25) is 4.79 Å². The van der Waals surface area contributed by atoms with Crippen molar-refractivity contribution in [3.63, 3.8) is 0 Å². The van der Waals surface area contributed by atoms with Crippen LogP contribution in [0.1, 0.15) is 17.1 Å². The van der Waals surface area contributed by atoms with E-state index in [1.54, 1.807) is 0 Å². The van der Waals surface area contributed by atoms with Gasteiger partial charge >= 0.3 is 5.91 Å². The van der Waals surface area contributed by atoms with E-state index >= 15 is 0 Å². The van der Waals surface area contributed by atoms with Crippen molar-refractivity contribution >= 4 is 5.91 Å². The number of nitrogens with one attached hydrogen (secondary N) is 1. The molecule has 5 nitrogen and oxygen atoms in total. The molecule has 0 radical (unpaired) electrons. The van der Waals surface area contributed by atoms with Crippen molar-refractivity contribution in [2.75, 3.05) is 19.6 Å². The van der Waals surface area contributed by atoms with Gasteiger partial charge in [0.15, 0.2) is 0 Å². The molecule has 1 amide bonds. The van der Waals surface area contributed by atoms with E-state index in [4.69, 9.17) is 4.42 Å². The molecule has 0 aliphatic carbocycles. The van der Waals surface area contributed by atoms with Crippen molar-refractivity contribution in [3.05, 3.63) is 18.4 Å². The Morgan fingerprint density at radius 2 is 2.53 bits per heavy atom. The molecule has 2 atom stereocenters. The maximum atomic E-state index is 11.9. The molecular formula is C10H13N3O2. The number of aromatic nitrogens is 1. The third-order valence-corrected chi connectivity index (χ3v) is 3.27. The Morgan fingerprint density at radius 1 is 1.60 bits per heavy atom. The molecule has 2 aliphatic rings. The van der Waals surface area contributed by atoms with Crippen LogP contribution >= 0.6 is 0 Å². The first-order valence-corrected chi connectivity index (χ1v) is 5.27. The van der Waals surface area contributed by atoms with Crippen LogP contribution in [0.5, 0.6) is 0 Å². The molecular weight excluding hydrogens is 194 g/mol. The fraction of sp³-hybridized carbons (Fsp3) is 0.600. The van der Waals surface area contributed by atoms with Crippen LogP contribution in [0.25, 0.3) is 0 Å². The Hall–Kier alpha value is -1.36. The SMILES string of the molecule is O=C(c1ncco1)N1CC2CCNC2C1. The number of rotatable bonds is 1. The summed E-state index contributed by atoms with van der Waals surface area (Å²) in [5.74, 6) is 0.732. The number of carbonyl (C=O) groups excluding carboxylic acids is 1. The Morgan fingerprint density at radius 3 is 3.27 bits per heavy atom. The van der Waals surface area contributed by atoms with Crippen molar-refractivity contribution in [1.29, 1.82) is 0 Å². The molecule has 3 heterocycles. The fourth-order valence-electron chi connectivity index (χ4n) is 2.48. The number of hydrogen-bond acceptors (Lipinski definition) is 4. The molecule has 2 unspecified atom stereocenters. The van der Waals surface area contributed by atoms with E-state index in [1.807, 2.05) is 4.90 Å². The third kappa shape index (κ3) is 1.43. The Bertz CT molecular complexity index is 351. The van der Waals surface area contributed by atoms with Crippen LogP contribution in [0, 0.1) is 5.92 Å². The summed E-state index contributed by atoms with van der Waals surface area (Å²) in [6.07, 6.45) is 4.10. The number of oxazole rings is 1. The van der Waals surface area contributed by atoms with Crippen LogP contribution in [0.2, 0.25) is 0 Å². The van der Waals surface area contributed by atoms with Gasteiger partial charge in [-0.15, -0.1) is 0 Å². The van der Waals surface area contributed by atoms with E-state index in [0.29, 0.717) is 12.0 Å². The highest BCUT2D eigenvalue weighted by atomic mass is 16.4. The van der Waals surface area contributed by atoms with Gasteiger partial charge in [-0.2, -0.15) is 0 Å². The predicted octanol–water partition coefficient (Wildman–Crippen LogP) is 0.108. The van der Waals surface area contributed by atoms with Crippen LogP contribution in [0.4, 0.5) is 0 Å². The summed E-state index contributed by atoms with van der Waals surface area (Å²) in [6.45, 7) is 2.70. The maximum absolute atomic E-state index is 11.9. The molecule has 2 aliphatic heterocycles. The van der Waals surface area contributed by atoms with Gasteiger partial charge in [-0.1, -0.05) is 0 Å². The zero-order chi connectivity index (χ0) is 10.3. The van der Waals surface area contributed by atoms with Crippen LogP contribution in [-0.4, -0.2) is 41.5 Å². The maximum Gasteiger partial charge on any atom is 0.309 e. The lowest BCUT2D eigenvalue weighted by Gasteiger charge is -2.14. The molecule has 2 saturated heterocycles. The molecule has 15 heavy (non-hydrogen) atoms. The quantitative estimate of drug-likeness (QED) is 0.710. The Kier molecular flexibility index (Phi) is 1.98. The highest BCUT2D eigenvalue weighted by Crippen LogP contribution is 2.25. The molecule has 1 aromatic heterocycles. The molecule has 1 N–H and O–H groups in total. The second kappa shape index (κ2) is 3.34. The summed E-state index contributed by atoms with van der Waals surface area (Å²) in [7, 11) is 0. The minimum absolute atomic E-state index is 0.0869. The topological polar surface area (TPSA) is 58.4 Å². The fourth-order valence-corrected chi connectivity index (χ4v) is 2.48. The second-order valence-electron chi connectivity index (χ2n) is 4.16. The van der Waals surface area contributed by atoms with E-state index in [2.05, 4.69) is 10.3 Å². The van der Waals surface area contributed by atoms with Crippen LogP contribution in [0.3, 0.4) is 0 Å². The molecule has 2 fully saturated rings. The summed E-state index contributed by atoms with van der Waals surface area (Å²) in [4.78, 5) is 17.6. The summed E-state index contributed by atoms with van der Waals surface area (Å²) in [5, 5.41) is 3.40. The minimum atomic E-state index is -0.0869. The molecule has 0 bridgehead atoms. The van der Waals surface area contributed by atoms with Gasteiger partial charge < -0.3 is 14.6 Å². The lowest BCUT2D eigenvalue weighted by atomic mass is 10.1. The van der Waals surface area contributed by atoms with Gasteiger partial charge in [-0.25, -0.2) is 4.98 Å². The van der Waals surface area contributed by atoms with Crippen LogP contribution in [-0.2, 0) is 0 Å². The second-order valence-corrected chi connectivity index (χ2v) is 4.16. The smallest absolute Gasteiger partial charge is 0.309 e. The number of amides is 1. The highest BCUT2D eigenvalue weighted by Gasteiger charge is 2.39. The van der Waals surface area contributed by atoms with Gasteiger partial charge in [-0.05, 0) is 18.9 Å². The highest BCUT2D eigenvalue weighted by molar-refractivity contribution is 5.89. The lowest BCUT2D eigenvalue weighted by Crippen LogP contribution is -2.34. The lowest BCUT2D eigenvalue weighted by molar-refractivity contribution is 0.0743. The predicted molar refractivity (Wildman–Crippen MR) is 52.3 cm³/mol. The van der Waals surface area contributed by atoms with Crippen LogP contribution in [0.15, 0.2) is 16.9 Å². The average molecular weight is 207 g/mol. The number of nitrogens with zero attached hydrogens (tertiary/aromatic N) is 2. The molecule has 80 valence electrons. The largest absolute Gasteiger partial charge is 0.441 e. The standard InChI is InChI=1S/C10H13N3O2/c14-10(9-12-3-4-15-9)13-5-7-1-2-11-8(7)6-13/h3-4,7-8,11H,1-2,5-6H2. The number of fused-ring (bicyclic) bond motifs is 1. The van der Waals surface area contributed by atoms with E-state index in [-0.39, 0.29) is 11.8 Å². The number of carbonyl (C=O) groups is 1. The summed E-state index contributed by atoms with van der Waals surface area (Å²) in [5.41, 5.74) is 0. The van der Waals surface area contributed by atoms with Gasteiger partial charge in [0, 0.05) is 19.1 Å². The van der Waals surface area contributed by atoms with Gasteiger partial charge in [0.25, 0.3) is 5.89 Å². The number of hydrogen-bond donors (Lipinski definition) is 1. The minimum Gasteiger partial charge on any atom is -0.441 e. The number of likely N-dealkylation sites (tertiary alicyclic amines) is 1. The van der Waals surface area contributed by atoms with E-state index in [0.717, 1.165) is 19.6 Å². The van der Waals surface area contributed by atoms with E-state index in [1.165, 1.54) is 18.9 Å². The summed E-state index contributed by atoms with van der Waals surface area (Å²) < 4.78 is 5.01. The van der Waals surface area contributed by atoms with Crippen molar-refractivity contribution in [1.82, 2.24) is 15.2 Å². The Labute approximate surface area is 87.5 Å². The average Bonchev–Trinajstić information content (AvgIpc) is 2.92. The van der Waals surface area contributed by atoms with Crippen LogP contribution < -0.4 is 5.32 Å². The van der Waals surface area contributed by atoms with E-state index in [9.17, 15) is 4.79 Å². The molecule has 0 spiro atoms.